The number of aromatic nitrogens is 4. The maximum absolute atomic E-state index is 11.9. The van der Waals surface area contributed by atoms with Crippen LogP contribution in [0.2, 0.25) is 0 Å². The van der Waals surface area contributed by atoms with Crippen LogP contribution in [0.1, 0.15) is 33.4 Å². The first-order valence-electron chi connectivity index (χ1n) is 7.76. The van der Waals surface area contributed by atoms with Crippen LogP contribution in [0, 0.1) is 11.8 Å². The van der Waals surface area contributed by atoms with Gasteiger partial charge in [0.1, 0.15) is 12.6 Å². The molecule has 124 valence electrons. The number of hydrogen-bond donors (Lipinski definition) is 2. The number of aliphatic hydroxyl groups is 1. The number of fused-ring (bicyclic) bond motifs is 1. The van der Waals surface area contributed by atoms with E-state index in [2.05, 4.69) is 20.3 Å². The van der Waals surface area contributed by atoms with Crippen LogP contribution in [0.5, 0.6) is 0 Å². The molecule has 3 rings (SSSR count). The van der Waals surface area contributed by atoms with Crippen molar-refractivity contribution in [2.75, 3.05) is 11.9 Å². The molecule has 0 saturated carbocycles. The highest BCUT2D eigenvalue weighted by atomic mass is 16.5. The molecule has 1 amide bonds. The zero-order valence-corrected chi connectivity index (χ0v) is 13.4. The van der Waals surface area contributed by atoms with E-state index >= 15 is 0 Å². The van der Waals surface area contributed by atoms with E-state index in [1.807, 2.05) is 25.3 Å². The van der Waals surface area contributed by atoms with Crippen LogP contribution in [-0.4, -0.2) is 43.2 Å². The molecule has 1 saturated heterocycles. The number of rotatable bonds is 4. The van der Waals surface area contributed by atoms with Crippen LogP contribution in [0.3, 0.4) is 0 Å². The lowest BCUT2D eigenvalue weighted by Crippen LogP contribution is -2.19. The van der Waals surface area contributed by atoms with Gasteiger partial charge in [-0.15, -0.1) is 0 Å². The third kappa shape index (κ3) is 2.91. The smallest absolute Gasteiger partial charge is 0.228 e. The summed E-state index contributed by atoms with van der Waals surface area (Å²) in [5, 5.41) is 12.1. The summed E-state index contributed by atoms with van der Waals surface area (Å²) in [7, 11) is 0. The number of ether oxygens (including phenoxy) is 1. The molecule has 23 heavy (non-hydrogen) atoms. The SMILES string of the molecule is CC(C)C(=O)Nc1ncnc2c1ncn2[C@H]1C[C@H](C)[C@@H](CO)O1. The van der Waals surface area contributed by atoms with Crippen molar-refractivity contribution in [2.24, 2.45) is 11.8 Å². The first kappa shape index (κ1) is 15.8. The first-order chi connectivity index (χ1) is 11.0. The van der Waals surface area contributed by atoms with Crippen LogP contribution < -0.4 is 5.32 Å². The Kier molecular flexibility index (Phi) is 4.27. The van der Waals surface area contributed by atoms with Gasteiger partial charge >= 0.3 is 0 Å². The first-order valence-corrected chi connectivity index (χ1v) is 7.76. The Labute approximate surface area is 133 Å². The van der Waals surface area contributed by atoms with Gasteiger partial charge in [-0.25, -0.2) is 15.0 Å². The average Bonchev–Trinajstić information content (AvgIpc) is 3.10. The maximum Gasteiger partial charge on any atom is 0.228 e. The highest BCUT2D eigenvalue weighted by molar-refractivity contribution is 5.97. The fourth-order valence-corrected chi connectivity index (χ4v) is 2.68. The van der Waals surface area contributed by atoms with Crippen molar-refractivity contribution in [3.05, 3.63) is 12.7 Å². The van der Waals surface area contributed by atoms with Gasteiger partial charge in [0, 0.05) is 5.92 Å². The number of imidazole rings is 1. The topological polar surface area (TPSA) is 102 Å². The third-order valence-corrected chi connectivity index (χ3v) is 4.15. The normalized spacial score (nSPS) is 24.5. The van der Waals surface area contributed by atoms with Crippen molar-refractivity contribution in [1.82, 2.24) is 19.5 Å². The van der Waals surface area contributed by atoms with E-state index in [9.17, 15) is 9.90 Å². The largest absolute Gasteiger partial charge is 0.394 e. The van der Waals surface area contributed by atoms with Gasteiger partial charge in [0.15, 0.2) is 17.0 Å². The van der Waals surface area contributed by atoms with Gasteiger partial charge in [0.2, 0.25) is 5.91 Å². The van der Waals surface area contributed by atoms with Gasteiger partial charge in [-0.1, -0.05) is 20.8 Å². The number of hydrogen-bond acceptors (Lipinski definition) is 6. The summed E-state index contributed by atoms with van der Waals surface area (Å²) in [5.74, 6) is 0.388. The summed E-state index contributed by atoms with van der Waals surface area (Å²) < 4.78 is 7.69. The van der Waals surface area contributed by atoms with E-state index in [-0.39, 0.29) is 36.7 Å². The lowest BCUT2D eigenvalue weighted by atomic mass is 10.0. The van der Waals surface area contributed by atoms with E-state index in [4.69, 9.17) is 4.74 Å². The van der Waals surface area contributed by atoms with Gasteiger partial charge in [-0.05, 0) is 12.3 Å². The Morgan fingerprint density at radius 1 is 1.48 bits per heavy atom. The summed E-state index contributed by atoms with van der Waals surface area (Å²) in [5.41, 5.74) is 1.14. The average molecular weight is 319 g/mol. The molecule has 1 aliphatic rings. The van der Waals surface area contributed by atoms with Crippen molar-refractivity contribution < 1.29 is 14.6 Å². The standard InChI is InChI=1S/C15H21N5O3/c1-8(2)15(22)19-13-12-14(17-6-16-13)20(7-18-12)11-4-9(3)10(5-21)23-11/h6-11,21H,4-5H2,1-3H3,(H,16,17,19,22)/t9-,10+,11+/m0/s1. The molecule has 2 aromatic rings. The van der Waals surface area contributed by atoms with Crippen LogP contribution in [0.15, 0.2) is 12.7 Å². The Balaban J connectivity index is 1.91. The molecule has 1 aliphatic heterocycles. The second-order valence-electron chi connectivity index (χ2n) is 6.22. The van der Waals surface area contributed by atoms with Crippen molar-refractivity contribution in [3.63, 3.8) is 0 Å². The molecule has 0 bridgehead atoms. The molecule has 1 fully saturated rings. The van der Waals surface area contributed by atoms with Gasteiger partial charge in [-0.3, -0.25) is 9.36 Å². The molecule has 0 aliphatic carbocycles. The lowest BCUT2D eigenvalue weighted by Gasteiger charge is -2.14. The summed E-state index contributed by atoms with van der Waals surface area (Å²) in [4.78, 5) is 24.6. The third-order valence-electron chi connectivity index (χ3n) is 4.15. The van der Waals surface area contributed by atoms with E-state index in [0.29, 0.717) is 17.0 Å². The van der Waals surface area contributed by atoms with Crippen molar-refractivity contribution in [2.45, 2.75) is 39.5 Å². The van der Waals surface area contributed by atoms with Crippen LogP contribution >= 0.6 is 0 Å². The minimum atomic E-state index is -0.226. The molecule has 8 nitrogen and oxygen atoms in total. The molecule has 3 atom stereocenters. The quantitative estimate of drug-likeness (QED) is 0.881. The Bertz CT molecular complexity index is 714. The van der Waals surface area contributed by atoms with E-state index < -0.39 is 0 Å². The summed E-state index contributed by atoms with van der Waals surface area (Å²) in [6.45, 7) is 5.67. The fourth-order valence-electron chi connectivity index (χ4n) is 2.68. The molecule has 2 aromatic heterocycles. The number of anilines is 1. The number of nitrogens with one attached hydrogen (secondary N) is 1. The minimum Gasteiger partial charge on any atom is -0.394 e. The Morgan fingerprint density at radius 3 is 2.91 bits per heavy atom. The zero-order chi connectivity index (χ0) is 16.6. The fraction of sp³-hybridized carbons (Fsp3) is 0.600. The van der Waals surface area contributed by atoms with Gasteiger partial charge < -0.3 is 15.2 Å². The Morgan fingerprint density at radius 2 is 2.26 bits per heavy atom. The number of nitrogens with zero attached hydrogens (tertiary/aromatic N) is 4. The highest BCUT2D eigenvalue weighted by Gasteiger charge is 2.33. The van der Waals surface area contributed by atoms with Gasteiger partial charge in [0.05, 0.1) is 19.0 Å². The van der Waals surface area contributed by atoms with Crippen LogP contribution in [-0.2, 0) is 9.53 Å². The maximum atomic E-state index is 11.9. The number of aliphatic hydroxyl groups excluding tert-OH is 1. The van der Waals surface area contributed by atoms with Crippen molar-refractivity contribution in [1.29, 1.82) is 0 Å². The second kappa shape index (κ2) is 6.21. The predicted molar refractivity (Wildman–Crippen MR) is 83.6 cm³/mol. The van der Waals surface area contributed by atoms with Crippen LogP contribution in [0.25, 0.3) is 11.2 Å². The summed E-state index contributed by atoms with van der Waals surface area (Å²) >= 11 is 0. The molecule has 3 heterocycles. The van der Waals surface area contributed by atoms with Crippen LogP contribution in [0.4, 0.5) is 5.82 Å². The second-order valence-corrected chi connectivity index (χ2v) is 6.22. The van der Waals surface area contributed by atoms with Crippen molar-refractivity contribution in [3.8, 4) is 0 Å². The van der Waals surface area contributed by atoms with E-state index in [0.717, 1.165) is 6.42 Å². The molecule has 0 unspecified atom stereocenters. The molecular formula is C15H21N5O3. The van der Waals surface area contributed by atoms with E-state index in [1.165, 1.54) is 6.33 Å². The minimum absolute atomic E-state index is 0.00498. The molecule has 8 heteroatoms. The number of amides is 1. The molecular weight excluding hydrogens is 298 g/mol. The van der Waals surface area contributed by atoms with E-state index in [1.54, 1.807) is 6.33 Å². The predicted octanol–water partition coefficient (Wildman–Crippen LogP) is 1.34. The number of carbonyl (C=O) groups is 1. The molecule has 0 radical (unpaired) electrons. The monoisotopic (exact) mass is 319 g/mol. The van der Waals surface area contributed by atoms with Gasteiger partial charge in [0.25, 0.3) is 0 Å². The zero-order valence-electron chi connectivity index (χ0n) is 13.4. The molecule has 0 spiro atoms. The summed E-state index contributed by atoms with van der Waals surface area (Å²) in [6, 6.07) is 0. The number of carbonyl (C=O) groups excluding carboxylic acids is 1. The Hall–Kier alpha value is -2.06. The molecule has 2 N–H and O–H groups in total. The van der Waals surface area contributed by atoms with Gasteiger partial charge in [-0.2, -0.15) is 0 Å². The van der Waals surface area contributed by atoms with Crippen molar-refractivity contribution >= 4 is 22.9 Å². The lowest BCUT2D eigenvalue weighted by molar-refractivity contribution is -0.118. The highest BCUT2D eigenvalue weighted by Crippen LogP contribution is 2.34. The molecule has 0 aromatic carbocycles. The summed E-state index contributed by atoms with van der Waals surface area (Å²) in [6.07, 6.45) is 3.41.